The predicted octanol–water partition coefficient (Wildman–Crippen LogP) is 4.40. The third kappa shape index (κ3) is 6.76. The Bertz CT molecular complexity index is 1390. The molecule has 0 aliphatic heterocycles. The van der Waals surface area contributed by atoms with Crippen LogP contribution in [-0.4, -0.2) is 78.4 Å². The number of ether oxygens (including phenoxy) is 1. The lowest BCUT2D eigenvalue weighted by atomic mass is 9.99. The molecular weight excluding hydrogens is 476 g/mol. The van der Waals surface area contributed by atoms with Crippen LogP contribution in [0.2, 0.25) is 0 Å². The van der Waals surface area contributed by atoms with Gasteiger partial charge in [0.15, 0.2) is 0 Å². The van der Waals surface area contributed by atoms with Crippen molar-refractivity contribution < 1.29 is 9.53 Å². The zero-order valence-electron chi connectivity index (χ0n) is 23.2. The van der Waals surface area contributed by atoms with E-state index in [1.54, 1.807) is 0 Å². The predicted molar refractivity (Wildman–Crippen MR) is 153 cm³/mol. The second kappa shape index (κ2) is 12.2. The summed E-state index contributed by atoms with van der Waals surface area (Å²) in [6.45, 7) is 7.02. The summed E-state index contributed by atoms with van der Waals surface area (Å²) < 4.78 is 7.80. The van der Waals surface area contributed by atoms with Gasteiger partial charge in [-0.3, -0.25) is 9.48 Å². The molecule has 2 aromatic carbocycles. The second-order valence-electron chi connectivity index (χ2n) is 10.2. The third-order valence-electron chi connectivity index (χ3n) is 6.53. The van der Waals surface area contributed by atoms with Gasteiger partial charge in [0.2, 0.25) is 0 Å². The van der Waals surface area contributed by atoms with E-state index in [9.17, 15) is 4.79 Å². The Hall–Kier alpha value is -3.75. The first-order valence-corrected chi connectivity index (χ1v) is 13.0. The summed E-state index contributed by atoms with van der Waals surface area (Å²) in [6.07, 6.45) is 3.88. The van der Waals surface area contributed by atoms with E-state index in [4.69, 9.17) is 9.72 Å². The van der Waals surface area contributed by atoms with Gasteiger partial charge in [0.25, 0.3) is 5.91 Å². The molecule has 0 aliphatic carbocycles. The monoisotopic (exact) mass is 514 g/mol. The van der Waals surface area contributed by atoms with Gasteiger partial charge in [0.1, 0.15) is 12.4 Å². The van der Waals surface area contributed by atoms with Crippen molar-refractivity contribution in [2.75, 3.05) is 47.9 Å². The third-order valence-corrected chi connectivity index (χ3v) is 6.53. The lowest BCUT2D eigenvalue weighted by Gasteiger charge is -2.19. The standard InChI is InChI=1S/C30H38N6O2/c1-21-11-12-24(38-16-15-35(5)6)17-26(21)30(37)32-22(2)27-18-29(33-28-10-8-7-9-25(27)28)23-19-31-36(20-23)14-13-34(3)4/h7-12,17-20,22H,13-16H2,1-6H3,(H,32,37)/t22-/m1/s1. The van der Waals surface area contributed by atoms with Crippen molar-refractivity contribution in [2.24, 2.45) is 0 Å². The number of pyridine rings is 1. The SMILES string of the molecule is Cc1ccc(OCCN(C)C)cc1C(=O)N[C@H](C)c1cc(-c2cnn(CCN(C)C)c2)nc2ccccc12. The van der Waals surface area contributed by atoms with E-state index in [0.29, 0.717) is 17.9 Å². The number of para-hydroxylation sites is 1. The van der Waals surface area contributed by atoms with Gasteiger partial charge >= 0.3 is 0 Å². The lowest BCUT2D eigenvalue weighted by molar-refractivity contribution is 0.0939. The molecule has 8 heteroatoms. The van der Waals surface area contributed by atoms with Crippen molar-refractivity contribution in [2.45, 2.75) is 26.4 Å². The van der Waals surface area contributed by atoms with Crippen LogP contribution in [0.1, 0.15) is 34.5 Å². The molecule has 0 fully saturated rings. The van der Waals surface area contributed by atoms with Crippen molar-refractivity contribution >= 4 is 16.8 Å². The Kier molecular flexibility index (Phi) is 8.76. The number of nitrogens with one attached hydrogen (secondary N) is 1. The van der Waals surface area contributed by atoms with Crippen LogP contribution >= 0.6 is 0 Å². The first-order chi connectivity index (χ1) is 18.2. The Labute approximate surface area is 225 Å². The zero-order chi connectivity index (χ0) is 27.2. The van der Waals surface area contributed by atoms with Gasteiger partial charge in [0, 0.05) is 35.8 Å². The maximum absolute atomic E-state index is 13.4. The van der Waals surface area contributed by atoms with Crippen molar-refractivity contribution in [1.29, 1.82) is 0 Å². The van der Waals surface area contributed by atoms with Crippen molar-refractivity contribution in [1.82, 2.24) is 29.9 Å². The van der Waals surface area contributed by atoms with Crippen LogP contribution in [0.5, 0.6) is 5.75 Å². The molecule has 4 rings (SSSR count). The van der Waals surface area contributed by atoms with Crippen LogP contribution in [0.4, 0.5) is 0 Å². The quantitative estimate of drug-likeness (QED) is 0.320. The lowest BCUT2D eigenvalue weighted by Crippen LogP contribution is -2.27. The average Bonchev–Trinajstić information content (AvgIpc) is 3.36. The number of rotatable bonds is 11. The summed E-state index contributed by atoms with van der Waals surface area (Å²) >= 11 is 0. The molecule has 2 aromatic heterocycles. The average molecular weight is 515 g/mol. The molecule has 0 unspecified atom stereocenters. The van der Waals surface area contributed by atoms with E-state index in [0.717, 1.165) is 52.9 Å². The van der Waals surface area contributed by atoms with E-state index >= 15 is 0 Å². The molecule has 0 aliphatic rings. The van der Waals surface area contributed by atoms with Crippen molar-refractivity contribution in [3.63, 3.8) is 0 Å². The summed E-state index contributed by atoms with van der Waals surface area (Å²) in [5.41, 5.74) is 5.20. The van der Waals surface area contributed by atoms with Gasteiger partial charge in [-0.15, -0.1) is 0 Å². The van der Waals surface area contributed by atoms with Crippen LogP contribution in [-0.2, 0) is 6.54 Å². The number of fused-ring (bicyclic) bond motifs is 1. The summed E-state index contributed by atoms with van der Waals surface area (Å²) in [7, 11) is 8.11. The highest BCUT2D eigenvalue weighted by molar-refractivity contribution is 5.96. The molecule has 8 nitrogen and oxygen atoms in total. The van der Waals surface area contributed by atoms with E-state index < -0.39 is 0 Å². The molecule has 1 N–H and O–H groups in total. The number of aryl methyl sites for hydroxylation is 1. The summed E-state index contributed by atoms with van der Waals surface area (Å²) in [4.78, 5) is 22.5. The Balaban J connectivity index is 1.58. The fourth-order valence-electron chi connectivity index (χ4n) is 4.26. The fraction of sp³-hybridized carbons (Fsp3) is 0.367. The zero-order valence-corrected chi connectivity index (χ0v) is 23.2. The van der Waals surface area contributed by atoms with E-state index in [2.05, 4.69) is 32.3 Å². The van der Waals surface area contributed by atoms with Gasteiger partial charge < -0.3 is 19.9 Å². The van der Waals surface area contributed by atoms with E-state index in [1.165, 1.54) is 0 Å². The normalized spacial score (nSPS) is 12.3. The molecule has 0 saturated heterocycles. The summed E-state index contributed by atoms with van der Waals surface area (Å²) in [5, 5.41) is 8.74. The number of amides is 1. The molecule has 4 aromatic rings. The highest BCUT2D eigenvalue weighted by Gasteiger charge is 2.18. The molecule has 0 radical (unpaired) electrons. The number of aromatic nitrogens is 3. The molecule has 38 heavy (non-hydrogen) atoms. The molecule has 2 heterocycles. The maximum Gasteiger partial charge on any atom is 0.252 e. The molecule has 200 valence electrons. The first kappa shape index (κ1) is 27.3. The number of nitrogens with zero attached hydrogens (tertiary/aromatic N) is 5. The number of likely N-dealkylation sites (N-methyl/N-ethyl adjacent to an activating group) is 2. The Morgan fingerprint density at radius 3 is 2.58 bits per heavy atom. The van der Waals surface area contributed by atoms with Crippen LogP contribution in [0.15, 0.2) is 60.9 Å². The number of carbonyl (C=O) groups is 1. The molecule has 0 bridgehead atoms. The number of hydrogen-bond acceptors (Lipinski definition) is 6. The smallest absolute Gasteiger partial charge is 0.252 e. The van der Waals surface area contributed by atoms with Gasteiger partial charge in [-0.05, 0) is 77.4 Å². The fourth-order valence-corrected chi connectivity index (χ4v) is 4.26. The highest BCUT2D eigenvalue weighted by atomic mass is 16.5. The van der Waals surface area contributed by atoms with Gasteiger partial charge in [-0.2, -0.15) is 5.10 Å². The maximum atomic E-state index is 13.4. The van der Waals surface area contributed by atoms with E-state index in [-0.39, 0.29) is 11.9 Å². The minimum atomic E-state index is -0.240. The summed E-state index contributed by atoms with van der Waals surface area (Å²) in [6, 6.07) is 15.5. The van der Waals surface area contributed by atoms with Gasteiger partial charge in [0.05, 0.1) is 30.0 Å². The molecule has 1 amide bonds. The number of hydrogen-bond donors (Lipinski definition) is 1. The molecule has 0 saturated carbocycles. The van der Waals surface area contributed by atoms with Crippen LogP contribution in [0.25, 0.3) is 22.2 Å². The van der Waals surface area contributed by atoms with Crippen LogP contribution < -0.4 is 10.1 Å². The van der Waals surface area contributed by atoms with Gasteiger partial charge in [-0.1, -0.05) is 24.3 Å². The molecule has 1 atom stereocenters. The largest absolute Gasteiger partial charge is 0.492 e. The van der Waals surface area contributed by atoms with Gasteiger partial charge in [-0.25, -0.2) is 4.98 Å². The van der Waals surface area contributed by atoms with Crippen LogP contribution in [0.3, 0.4) is 0 Å². The first-order valence-electron chi connectivity index (χ1n) is 13.0. The topological polar surface area (TPSA) is 75.5 Å². The Morgan fingerprint density at radius 1 is 1.05 bits per heavy atom. The number of carbonyl (C=O) groups excluding carboxylic acids is 1. The second-order valence-corrected chi connectivity index (χ2v) is 10.2. The molecular formula is C30H38N6O2. The number of benzene rings is 2. The van der Waals surface area contributed by atoms with Crippen molar-refractivity contribution in [3.05, 3.63) is 77.6 Å². The van der Waals surface area contributed by atoms with Crippen molar-refractivity contribution in [3.8, 4) is 17.0 Å². The van der Waals surface area contributed by atoms with E-state index in [1.807, 2.05) is 95.5 Å². The summed E-state index contributed by atoms with van der Waals surface area (Å²) in [5.74, 6) is 0.560. The van der Waals surface area contributed by atoms with Crippen LogP contribution in [0, 0.1) is 6.92 Å². The minimum absolute atomic E-state index is 0.132. The highest BCUT2D eigenvalue weighted by Crippen LogP contribution is 2.29. The minimum Gasteiger partial charge on any atom is -0.492 e. The molecule has 0 spiro atoms. The Morgan fingerprint density at radius 2 is 1.82 bits per heavy atom.